The Labute approximate surface area is 140 Å². The topological polar surface area (TPSA) is 51.2 Å². The highest BCUT2D eigenvalue weighted by Gasteiger charge is 2.10. The second-order valence-electron chi connectivity index (χ2n) is 4.68. The molecule has 1 heterocycles. The van der Waals surface area contributed by atoms with Crippen LogP contribution in [-0.4, -0.2) is 18.0 Å². The van der Waals surface area contributed by atoms with Crippen LogP contribution in [0.25, 0.3) is 10.2 Å². The fraction of sp³-hybridized carbons (Fsp3) is 0.222. The summed E-state index contributed by atoms with van der Waals surface area (Å²) in [5, 5.41) is 3.43. The Bertz CT molecular complexity index is 812. The van der Waals surface area contributed by atoms with Gasteiger partial charge >= 0.3 is 0 Å². The third kappa shape index (κ3) is 4.07. The normalized spacial score (nSPS) is 9.91. The first-order valence-corrected chi connectivity index (χ1v) is 8.30. The van der Waals surface area contributed by atoms with Crippen LogP contribution in [0.1, 0.15) is 29.8 Å². The molecule has 120 valence electrons. The maximum absolute atomic E-state index is 12.2. The molecule has 0 aliphatic heterocycles. The summed E-state index contributed by atoms with van der Waals surface area (Å²) in [6.07, 6.45) is 0. The SMILES string of the molecule is CC.COc1ccc2nc(NC(=O)c3cccc(C)c3)sc2c1. The molecule has 3 aromatic rings. The summed E-state index contributed by atoms with van der Waals surface area (Å²) in [6.45, 7) is 5.96. The van der Waals surface area contributed by atoms with Crippen LogP contribution in [0, 0.1) is 6.92 Å². The summed E-state index contributed by atoms with van der Waals surface area (Å²) in [5.41, 5.74) is 2.53. The maximum Gasteiger partial charge on any atom is 0.257 e. The smallest absolute Gasteiger partial charge is 0.257 e. The number of ether oxygens (including phenoxy) is 1. The number of fused-ring (bicyclic) bond motifs is 1. The van der Waals surface area contributed by atoms with Crippen molar-refractivity contribution >= 4 is 32.6 Å². The van der Waals surface area contributed by atoms with Gasteiger partial charge in [-0.3, -0.25) is 10.1 Å². The van der Waals surface area contributed by atoms with Crippen molar-refractivity contribution in [1.29, 1.82) is 0 Å². The second kappa shape index (κ2) is 7.74. The van der Waals surface area contributed by atoms with E-state index in [0.717, 1.165) is 21.5 Å². The molecule has 0 bridgehead atoms. The molecule has 0 saturated carbocycles. The number of hydrogen-bond acceptors (Lipinski definition) is 4. The van der Waals surface area contributed by atoms with E-state index in [1.165, 1.54) is 11.3 Å². The summed E-state index contributed by atoms with van der Waals surface area (Å²) < 4.78 is 6.17. The maximum atomic E-state index is 12.2. The summed E-state index contributed by atoms with van der Waals surface area (Å²) in [6, 6.07) is 13.1. The minimum atomic E-state index is -0.148. The molecular formula is C18H20N2O2S. The number of aromatic nitrogens is 1. The molecule has 23 heavy (non-hydrogen) atoms. The molecule has 0 spiro atoms. The van der Waals surface area contributed by atoms with E-state index in [1.54, 1.807) is 13.2 Å². The van der Waals surface area contributed by atoms with Gasteiger partial charge in [-0.15, -0.1) is 0 Å². The third-order valence-corrected chi connectivity index (χ3v) is 4.03. The van der Waals surface area contributed by atoms with Crippen LogP contribution in [0.15, 0.2) is 42.5 Å². The van der Waals surface area contributed by atoms with Crippen LogP contribution in [0.3, 0.4) is 0 Å². The molecule has 4 nitrogen and oxygen atoms in total. The van der Waals surface area contributed by atoms with Crippen LogP contribution in [0.2, 0.25) is 0 Å². The van der Waals surface area contributed by atoms with E-state index in [2.05, 4.69) is 10.3 Å². The van der Waals surface area contributed by atoms with E-state index >= 15 is 0 Å². The monoisotopic (exact) mass is 328 g/mol. The number of aryl methyl sites for hydroxylation is 1. The number of rotatable bonds is 3. The summed E-state index contributed by atoms with van der Waals surface area (Å²) in [5.74, 6) is 0.632. The molecule has 0 aliphatic carbocycles. The van der Waals surface area contributed by atoms with Gasteiger partial charge in [-0.25, -0.2) is 4.98 Å². The number of nitrogens with one attached hydrogen (secondary N) is 1. The molecule has 0 saturated heterocycles. The predicted molar refractivity (Wildman–Crippen MR) is 96.7 cm³/mol. The lowest BCUT2D eigenvalue weighted by molar-refractivity contribution is 0.102. The molecule has 0 unspecified atom stereocenters. The van der Waals surface area contributed by atoms with E-state index in [1.807, 2.05) is 57.2 Å². The zero-order chi connectivity index (χ0) is 16.8. The van der Waals surface area contributed by atoms with E-state index in [9.17, 15) is 4.79 Å². The molecule has 1 aromatic heterocycles. The van der Waals surface area contributed by atoms with Crippen LogP contribution in [-0.2, 0) is 0 Å². The first kappa shape index (κ1) is 17.0. The van der Waals surface area contributed by atoms with Gasteiger partial charge in [0.15, 0.2) is 5.13 Å². The molecule has 1 amide bonds. The molecule has 2 aromatic carbocycles. The van der Waals surface area contributed by atoms with Gasteiger partial charge in [0.25, 0.3) is 5.91 Å². The number of hydrogen-bond donors (Lipinski definition) is 1. The van der Waals surface area contributed by atoms with Crippen molar-refractivity contribution < 1.29 is 9.53 Å². The number of anilines is 1. The van der Waals surface area contributed by atoms with Crippen LogP contribution in [0.5, 0.6) is 5.75 Å². The highest BCUT2D eigenvalue weighted by atomic mass is 32.1. The molecule has 3 rings (SSSR count). The van der Waals surface area contributed by atoms with Crippen molar-refractivity contribution in [1.82, 2.24) is 4.98 Å². The number of carbonyl (C=O) groups excluding carboxylic acids is 1. The first-order valence-electron chi connectivity index (χ1n) is 7.48. The lowest BCUT2D eigenvalue weighted by atomic mass is 10.1. The number of amides is 1. The fourth-order valence-corrected chi connectivity index (χ4v) is 2.93. The van der Waals surface area contributed by atoms with Crippen LogP contribution < -0.4 is 10.1 Å². The molecular weight excluding hydrogens is 308 g/mol. The van der Waals surface area contributed by atoms with Crippen LogP contribution >= 0.6 is 11.3 Å². The van der Waals surface area contributed by atoms with E-state index < -0.39 is 0 Å². The molecule has 5 heteroatoms. The van der Waals surface area contributed by atoms with Gasteiger partial charge in [0, 0.05) is 5.56 Å². The van der Waals surface area contributed by atoms with Crippen molar-refractivity contribution in [3.63, 3.8) is 0 Å². The van der Waals surface area contributed by atoms with Gasteiger partial charge in [0.1, 0.15) is 5.75 Å². The van der Waals surface area contributed by atoms with E-state index in [0.29, 0.717) is 10.7 Å². The average Bonchev–Trinajstić information content (AvgIpc) is 2.97. The van der Waals surface area contributed by atoms with E-state index in [4.69, 9.17) is 4.74 Å². The number of carbonyl (C=O) groups is 1. The Kier molecular flexibility index (Phi) is 5.71. The Morgan fingerprint density at radius 2 is 1.96 bits per heavy atom. The zero-order valence-corrected chi connectivity index (χ0v) is 14.5. The van der Waals surface area contributed by atoms with Gasteiger partial charge in [-0.1, -0.05) is 42.9 Å². The van der Waals surface area contributed by atoms with Crippen molar-refractivity contribution in [2.24, 2.45) is 0 Å². The second-order valence-corrected chi connectivity index (χ2v) is 5.71. The van der Waals surface area contributed by atoms with Crippen molar-refractivity contribution in [2.45, 2.75) is 20.8 Å². The zero-order valence-electron chi connectivity index (χ0n) is 13.7. The van der Waals surface area contributed by atoms with Gasteiger partial charge in [0.2, 0.25) is 0 Å². The van der Waals surface area contributed by atoms with Crippen molar-refractivity contribution in [3.05, 3.63) is 53.6 Å². The number of nitrogens with zero attached hydrogens (tertiary/aromatic N) is 1. The average molecular weight is 328 g/mol. The van der Waals surface area contributed by atoms with Gasteiger partial charge < -0.3 is 4.74 Å². The molecule has 0 aliphatic rings. The lowest BCUT2D eigenvalue weighted by Gasteiger charge is -2.02. The van der Waals surface area contributed by atoms with Crippen LogP contribution in [0.4, 0.5) is 5.13 Å². The van der Waals surface area contributed by atoms with Gasteiger partial charge in [-0.2, -0.15) is 0 Å². The summed E-state index contributed by atoms with van der Waals surface area (Å²) in [7, 11) is 1.63. The minimum Gasteiger partial charge on any atom is -0.497 e. The Balaban J connectivity index is 0.000000924. The lowest BCUT2D eigenvalue weighted by Crippen LogP contribution is -2.11. The number of thiazole rings is 1. The fourth-order valence-electron chi connectivity index (χ4n) is 2.04. The summed E-state index contributed by atoms with van der Waals surface area (Å²) in [4.78, 5) is 16.6. The van der Waals surface area contributed by atoms with Crippen molar-refractivity contribution in [2.75, 3.05) is 12.4 Å². The first-order chi connectivity index (χ1) is 11.2. The highest BCUT2D eigenvalue weighted by molar-refractivity contribution is 7.22. The van der Waals surface area contributed by atoms with Crippen molar-refractivity contribution in [3.8, 4) is 5.75 Å². The molecule has 0 fully saturated rings. The number of methoxy groups -OCH3 is 1. The largest absolute Gasteiger partial charge is 0.497 e. The molecule has 1 N–H and O–H groups in total. The molecule has 0 radical (unpaired) electrons. The van der Waals surface area contributed by atoms with E-state index in [-0.39, 0.29) is 5.91 Å². The minimum absolute atomic E-state index is 0.148. The predicted octanol–water partition coefficient (Wildman–Crippen LogP) is 4.89. The Morgan fingerprint density at radius 1 is 1.17 bits per heavy atom. The standard InChI is InChI=1S/C16H14N2O2S.C2H6/c1-10-4-3-5-11(8-10)15(19)18-16-17-13-7-6-12(20-2)9-14(13)21-16;1-2/h3-9H,1-2H3,(H,17,18,19);1-2H3. The third-order valence-electron chi connectivity index (χ3n) is 3.10. The Hall–Kier alpha value is -2.40. The van der Waals surface area contributed by atoms with Gasteiger partial charge in [0.05, 0.1) is 17.3 Å². The highest BCUT2D eigenvalue weighted by Crippen LogP contribution is 2.29. The van der Waals surface area contributed by atoms with Gasteiger partial charge in [-0.05, 0) is 37.3 Å². The summed E-state index contributed by atoms with van der Waals surface area (Å²) >= 11 is 1.43. The number of benzene rings is 2. The Morgan fingerprint density at radius 3 is 2.65 bits per heavy atom. The molecule has 0 atom stereocenters. The quantitative estimate of drug-likeness (QED) is 0.744.